The normalized spacial score (nSPS) is 21.6. The molecule has 27 heavy (non-hydrogen) atoms. The fourth-order valence-corrected chi connectivity index (χ4v) is 3.83. The molecule has 1 unspecified atom stereocenters. The van der Waals surface area contributed by atoms with Crippen molar-refractivity contribution in [2.24, 2.45) is 10.9 Å². The van der Waals surface area contributed by atoms with Crippen molar-refractivity contribution in [2.45, 2.75) is 39.8 Å². The molecule has 0 spiro atoms. The molecule has 0 radical (unpaired) electrons. The summed E-state index contributed by atoms with van der Waals surface area (Å²) >= 11 is 0. The molecule has 0 bridgehead atoms. The van der Waals surface area contributed by atoms with Gasteiger partial charge in [0.25, 0.3) is 0 Å². The highest BCUT2D eigenvalue weighted by atomic mass is 127. The number of rotatable bonds is 5. The molecule has 2 fully saturated rings. The van der Waals surface area contributed by atoms with Crippen LogP contribution in [0.4, 0.5) is 0 Å². The number of nitrogens with one attached hydrogen (secondary N) is 1. The van der Waals surface area contributed by atoms with E-state index in [-0.39, 0.29) is 24.0 Å². The fourth-order valence-electron chi connectivity index (χ4n) is 3.83. The number of benzene rings is 1. The average molecular weight is 486 g/mol. The molecule has 0 aromatic heterocycles. The van der Waals surface area contributed by atoms with Gasteiger partial charge in [-0.2, -0.15) is 0 Å². The SMILES string of the molecule is CCNC(=NCc1ccccc1CN1CCOCC1)N1CCCC(C)C1.I. The lowest BCUT2D eigenvalue weighted by Crippen LogP contribution is -2.46. The molecule has 1 aromatic carbocycles. The van der Waals surface area contributed by atoms with Crippen LogP contribution in [0.5, 0.6) is 0 Å². The molecule has 2 aliphatic heterocycles. The van der Waals surface area contributed by atoms with E-state index in [1.54, 1.807) is 0 Å². The lowest BCUT2D eigenvalue weighted by molar-refractivity contribution is 0.0341. The summed E-state index contributed by atoms with van der Waals surface area (Å²) in [6, 6.07) is 8.74. The van der Waals surface area contributed by atoms with Crippen LogP contribution in [0.25, 0.3) is 0 Å². The van der Waals surface area contributed by atoms with Gasteiger partial charge in [-0.1, -0.05) is 31.2 Å². The minimum Gasteiger partial charge on any atom is -0.379 e. The zero-order valence-corrected chi connectivity index (χ0v) is 19.2. The molecule has 0 aliphatic carbocycles. The number of piperidine rings is 1. The van der Waals surface area contributed by atoms with Gasteiger partial charge in [0.15, 0.2) is 5.96 Å². The topological polar surface area (TPSA) is 40.1 Å². The van der Waals surface area contributed by atoms with E-state index in [1.165, 1.54) is 24.0 Å². The zero-order valence-electron chi connectivity index (χ0n) is 16.8. The van der Waals surface area contributed by atoms with E-state index >= 15 is 0 Å². The summed E-state index contributed by atoms with van der Waals surface area (Å²) in [5.41, 5.74) is 2.72. The van der Waals surface area contributed by atoms with Crippen molar-refractivity contribution < 1.29 is 4.74 Å². The summed E-state index contributed by atoms with van der Waals surface area (Å²) in [7, 11) is 0. The molecule has 0 saturated carbocycles. The van der Waals surface area contributed by atoms with Crippen LogP contribution < -0.4 is 5.32 Å². The van der Waals surface area contributed by atoms with Gasteiger partial charge in [-0.3, -0.25) is 4.90 Å². The van der Waals surface area contributed by atoms with Crippen LogP contribution in [-0.4, -0.2) is 61.7 Å². The van der Waals surface area contributed by atoms with Gasteiger partial charge in [0.05, 0.1) is 19.8 Å². The third-order valence-corrected chi connectivity index (χ3v) is 5.31. The molecule has 2 heterocycles. The highest BCUT2D eigenvalue weighted by Gasteiger charge is 2.19. The van der Waals surface area contributed by atoms with E-state index in [9.17, 15) is 0 Å². The van der Waals surface area contributed by atoms with Gasteiger partial charge >= 0.3 is 0 Å². The molecule has 152 valence electrons. The minimum absolute atomic E-state index is 0. The molecule has 1 aromatic rings. The predicted octanol–water partition coefficient (Wildman–Crippen LogP) is 3.33. The minimum atomic E-state index is 0. The van der Waals surface area contributed by atoms with E-state index in [1.807, 2.05) is 0 Å². The standard InChI is InChI=1S/C21H34N4O.HI/c1-3-22-21(25-10-6-7-18(2)16-25)23-15-19-8-4-5-9-20(19)17-24-11-13-26-14-12-24;/h4-5,8-9,18H,3,6-7,10-17H2,1-2H3,(H,22,23);1H. The number of nitrogens with zero attached hydrogens (tertiary/aromatic N) is 3. The van der Waals surface area contributed by atoms with E-state index in [2.05, 4.69) is 53.2 Å². The maximum atomic E-state index is 5.47. The molecule has 1 N–H and O–H groups in total. The predicted molar refractivity (Wildman–Crippen MR) is 123 cm³/mol. The molecule has 2 aliphatic rings. The maximum absolute atomic E-state index is 5.47. The largest absolute Gasteiger partial charge is 0.379 e. The number of ether oxygens (including phenoxy) is 1. The van der Waals surface area contributed by atoms with E-state index in [0.29, 0.717) is 0 Å². The number of hydrogen-bond acceptors (Lipinski definition) is 3. The van der Waals surface area contributed by atoms with E-state index in [0.717, 1.165) is 70.9 Å². The van der Waals surface area contributed by atoms with Crippen LogP contribution in [0.1, 0.15) is 37.8 Å². The summed E-state index contributed by atoms with van der Waals surface area (Å²) < 4.78 is 5.47. The quantitative estimate of drug-likeness (QED) is 0.394. The Balaban J connectivity index is 0.00000261. The lowest BCUT2D eigenvalue weighted by atomic mass is 10.0. The summed E-state index contributed by atoms with van der Waals surface area (Å²) in [5, 5.41) is 3.49. The number of guanidine groups is 1. The second kappa shape index (κ2) is 11.9. The Kier molecular flexibility index (Phi) is 9.86. The highest BCUT2D eigenvalue weighted by Crippen LogP contribution is 2.17. The Morgan fingerprint density at radius 1 is 1.19 bits per heavy atom. The lowest BCUT2D eigenvalue weighted by Gasteiger charge is -2.33. The number of likely N-dealkylation sites (tertiary alicyclic amines) is 1. The van der Waals surface area contributed by atoms with Crippen molar-refractivity contribution in [3.63, 3.8) is 0 Å². The Labute approximate surface area is 181 Å². The van der Waals surface area contributed by atoms with Crippen molar-refractivity contribution in [3.8, 4) is 0 Å². The van der Waals surface area contributed by atoms with Gasteiger partial charge in [-0.05, 0) is 36.8 Å². The van der Waals surface area contributed by atoms with Crippen molar-refractivity contribution in [2.75, 3.05) is 45.9 Å². The van der Waals surface area contributed by atoms with Gasteiger partial charge < -0.3 is 15.0 Å². The van der Waals surface area contributed by atoms with Crippen molar-refractivity contribution in [3.05, 3.63) is 35.4 Å². The highest BCUT2D eigenvalue weighted by molar-refractivity contribution is 14.0. The van der Waals surface area contributed by atoms with Crippen molar-refractivity contribution >= 4 is 29.9 Å². The van der Waals surface area contributed by atoms with Crippen LogP contribution in [0, 0.1) is 5.92 Å². The third-order valence-electron chi connectivity index (χ3n) is 5.31. The van der Waals surface area contributed by atoms with E-state index in [4.69, 9.17) is 9.73 Å². The molecular weight excluding hydrogens is 451 g/mol. The van der Waals surface area contributed by atoms with E-state index < -0.39 is 0 Å². The first-order chi connectivity index (χ1) is 12.8. The van der Waals surface area contributed by atoms with Crippen LogP contribution in [0.15, 0.2) is 29.3 Å². The molecular formula is C21H35IN4O. The molecule has 5 nitrogen and oxygen atoms in total. The Hall–Kier alpha value is -0.860. The molecule has 0 amide bonds. The third kappa shape index (κ3) is 6.91. The first kappa shape index (κ1) is 22.4. The summed E-state index contributed by atoms with van der Waals surface area (Å²) in [4.78, 5) is 9.89. The maximum Gasteiger partial charge on any atom is 0.194 e. The van der Waals surface area contributed by atoms with Gasteiger partial charge in [0.1, 0.15) is 0 Å². The second-order valence-electron chi connectivity index (χ2n) is 7.52. The van der Waals surface area contributed by atoms with Crippen molar-refractivity contribution in [1.29, 1.82) is 0 Å². The molecule has 1 atom stereocenters. The Bertz CT molecular complexity index is 589. The molecule has 2 saturated heterocycles. The van der Waals surface area contributed by atoms with Gasteiger partial charge in [0, 0.05) is 39.3 Å². The fraction of sp³-hybridized carbons (Fsp3) is 0.667. The molecule has 6 heteroatoms. The summed E-state index contributed by atoms with van der Waals surface area (Å²) in [6.45, 7) is 13.1. The van der Waals surface area contributed by atoms with Crippen molar-refractivity contribution in [1.82, 2.24) is 15.1 Å². The van der Waals surface area contributed by atoms with Crippen LogP contribution in [-0.2, 0) is 17.8 Å². The number of morpholine rings is 1. The Morgan fingerprint density at radius 3 is 2.63 bits per heavy atom. The number of hydrogen-bond donors (Lipinski definition) is 1. The van der Waals surface area contributed by atoms with Gasteiger partial charge in [0.2, 0.25) is 0 Å². The van der Waals surface area contributed by atoms with Crippen LogP contribution in [0.3, 0.4) is 0 Å². The summed E-state index contributed by atoms with van der Waals surface area (Å²) in [6.07, 6.45) is 2.59. The monoisotopic (exact) mass is 486 g/mol. The van der Waals surface area contributed by atoms with Gasteiger partial charge in [-0.25, -0.2) is 4.99 Å². The first-order valence-corrected chi connectivity index (χ1v) is 10.2. The average Bonchev–Trinajstić information content (AvgIpc) is 2.67. The zero-order chi connectivity index (χ0) is 18.2. The first-order valence-electron chi connectivity index (χ1n) is 10.2. The van der Waals surface area contributed by atoms with Crippen LogP contribution in [0.2, 0.25) is 0 Å². The summed E-state index contributed by atoms with van der Waals surface area (Å²) in [5.74, 6) is 1.82. The van der Waals surface area contributed by atoms with Crippen LogP contribution >= 0.6 is 24.0 Å². The number of aliphatic imine (C=N–C) groups is 1. The Morgan fingerprint density at radius 2 is 1.93 bits per heavy atom. The van der Waals surface area contributed by atoms with Gasteiger partial charge in [-0.15, -0.1) is 24.0 Å². The smallest absolute Gasteiger partial charge is 0.194 e. The second-order valence-corrected chi connectivity index (χ2v) is 7.52. The number of halogens is 1. The molecule has 3 rings (SSSR count).